The van der Waals surface area contributed by atoms with Crippen LogP contribution in [0.15, 0.2) is 104 Å². The number of nitrogens with one attached hydrogen (secondary N) is 3. The van der Waals surface area contributed by atoms with E-state index in [4.69, 9.17) is 9.47 Å². The monoisotopic (exact) mass is 723 g/mol. The number of alkyl carbamates (subject to hydrolysis) is 1. The number of ether oxygens (including phenoxy) is 2. The molecule has 0 aromatic heterocycles. The average Bonchev–Trinajstić information content (AvgIpc) is 3.46. The van der Waals surface area contributed by atoms with E-state index in [1.807, 2.05) is 87.5 Å². The van der Waals surface area contributed by atoms with E-state index in [1.54, 1.807) is 12.2 Å². The van der Waals surface area contributed by atoms with Gasteiger partial charge in [0, 0.05) is 12.3 Å². The first kappa shape index (κ1) is 40.5. The summed E-state index contributed by atoms with van der Waals surface area (Å²) in [5, 5.41) is 18.4. The van der Waals surface area contributed by atoms with Crippen molar-refractivity contribution in [1.82, 2.24) is 16.0 Å². The van der Waals surface area contributed by atoms with Gasteiger partial charge in [0.25, 0.3) is 0 Å². The third-order valence-electron chi connectivity index (χ3n) is 9.50. The zero-order chi connectivity index (χ0) is 38.4. The van der Waals surface area contributed by atoms with E-state index in [1.165, 1.54) is 0 Å². The number of benzene rings is 3. The number of amides is 3. The van der Waals surface area contributed by atoms with Gasteiger partial charge >= 0.3 is 12.1 Å². The fourth-order valence-corrected chi connectivity index (χ4v) is 6.43. The summed E-state index contributed by atoms with van der Waals surface area (Å²) in [6.45, 7) is 12.9. The summed E-state index contributed by atoms with van der Waals surface area (Å²) in [7, 11) is 0. The molecule has 4 atom stereocenters. The van der Waals surface area contributed by atoms with E-state index < -0.39 is 41.5 Å². The molecular weight excluding hydrogens is 670 g/mol. The van der Waals surface area contributed by atoms with Crippen molar-refractivity contribution in [2.75, 3.05) is 19.8 Å². The number of allylic oxidation sites excluding steroid dienone is 2. The van der Waals surface area contributed by atoms with Crippen LogP contribution in [0.4, 0.5) is 4.79 Å². The van der Waals surface area contributed by atoms with Crippen LogP contribution in [0.5, 0.6) is 0 Å². The molecule has 282 valence electrons. The van der Waals surface area contributed by atoms with Crippen LogP contribution in [-0.2, 0) is 30.3 Å². The summed E-state index contributed by atoms with van der Waals surface area (Å²) in [4.78, 5) is 53.0. The molecular formula is C43H53N3O7. The second-order valence-electron chi connectivity index (χ2n) is 14.5. The SMILES string of the molecule is C=CCC[C@H](NC(=O)OCC1c2ccccc2-c2ccccc21)C(=O)OC[C@@H](NC(=O)[C@H](CC=C)CC(=O)N[C@@H](CO)Cc1ccccc1)C(C)(C)C. The number of aliphatic hydroxyl groups excluding tert-OH is 1. The maximum absolute atomic E-state index is 13.6. The lowest BCUT2D eigenvalue weighted by Gasteiger charge is -2.32. The highest BCUT2D eigenvalue weighted by atomic mass is 16.6. The number of carbonyl (C=O) groups excluding carboxylic acids is 4. The molecule has 4 N–H and O–H groups in total. The Kier molecular flexibility index (Phi) is 15.0. The molecule has 3 aromatic carbocycles. The van der Waals surface area contributed by atoms with Gasteiger partial charge in [-0.2, -0.15) is 0 Å². The zero-order valence-electron chi connectivity index (χ0n) is 31.0. The van der Waals surface area contributed by atoms with Crippen LogP contribution in [0.3, 0.4) is 0 Å². The van der Waals surface area contributed by atoms with Gasteiger partial charge in [0.2, 0.25) is 11.8 Å². The number of fused-ring (bicyclic) bond motifs is 3. The molecule has 1 aliphatic carbocycles. The Morgan fingerprint density at radius 1 is 0.830 bits per heavy atom. The lowest BCUT2D eigenvalue weighted by atomic mass is 9.86. The van der Waals surface area contributed by atoms with Gasteiger partial charge in [-0.05, 0) is 58.9 Å². The highest BCUT2D eigenvalue weighted by molar-refractivity contribution is 5.86. The van der Waals surface area contributed by atoms with Crippen LogP contribution in [0.1, 0.15) is 69.1 Å². The van der Waals surface area contributed by atoms with Crippen LogP contribution in [0.2, 0.25) is 0 Å². The minimum absolute atomic E-state index is 0.0960. The van der Waals surface area contributed by atoms with Gasteiger partial charge in [0.15, 0.2) is 0 Å². The van der Waals surface area contributed by atoms with Crippen LogP contribution in [0, 0.1) is 11.3 Å². The number of rotatable bonds is 19. The van der Waals surface area contributed by atoms with Gasteiger partial charge in [0.1, 0.15) is 19.3 Å². The summed E-state index contributed by atoms with van der Waals surface area (Å²) in [5.74, 6) is -2.30. The quantitative estimate of drug-likeness (QED) is 0.0848. The maximum Gasteiger partial charge on any atom is 0.407 e. The minimum Gasteiger partial charge on any atom is -0.462 e. The molecule has 3 amide bonds. The standard InChI is InChI=1S/C43H53N3O7/c1-6-8-23-37(45-42(51)53-27-36-34-21-14-12-19-32(34)33-20-13-15-22-35(33)36)41(50)52-28-38(43(3,4)5)46-40(49)30(16-7-2)25-39(48)44-31(26-47)24-29-17-10-9-11-18-29/h6-7,9-15,17-22,30-31,36-38,47H,1-2,8,16,23-28H2,3-5H3,(H,44,48)(H,45,51)(H,46,49)/t30-,31-,37+,38-/m1/s1. The molecule has 0 radical (unpaired) electrons. The summed E-state index contributed by atoms with van der Waals surface area (Å²) >= 11 is 0. The Morgan fingerprint density at radius 2 is 1.45 bits per heavy atom. The van der Waals surface area contributed by atoms with Gasteiger partial charge in [-0.25, -0.2) is 9.59 Å². The van der Waals surface area contributed by atoms with Gasteiger partial charge < -0.3 is 30.5 Å². The Bertz CT molecular complexity index is 1670. The van der Waals surface area contributed by atoms with E-state index in [0.29, 0.717) is 12.8 Å². The van der Waals surface area contributed by atoms with Gasteiger partial charge in [-0.3, -0.25) is 9.59 Å². The zero-order valence-corrected chi connectivity index (χ0v) is 31.0. The smallest absolute Gasteiger partial charge is 0.407 e. The highest BCUT2D eigenvalue weighted by Gasteiger charge is 2.33. The Labute approximate surface area is 313 Å². The number of hydrogen-bond donors (Lipinski definition) is 4. The van der Waals surface area contributed by atoms with Crippen LogP contribution in [0.25, 0.3) is 11.1 Å². The molecule has 4 rings (SSSR count). The van der Waals surface area contributed by atoms with Crippen molar-refractivity contribution in [3.63, 3.8) is 0 Å². The molecule has 0 unspecified atom stereocenters. The van der Waals surface area contributed by atoms with E-state index in [0.717, 1.165) is 27.8 Å². The molecule has 0 saturated carbocycles. The Morgan fingerprint density at radius 3 is 2.04 bits per heavy atom. The van der Waals surface area contributed by atoms with Crippen molar-refractivity contribution in [1.29, 1.82) is 0 Å². The predicted octanol–water partition coefficient (Wildman–Crippen LogP) is 6.24. The molecule has 10 nitrogen and oxygen atoms in total. The first-order chi connectivity index (χ1) is 25.4. The number of carbonyl (C=O) groups is 4. The summed E-state index contributed by atoms with van der Waals surface area (Å²) < 4.78 is 11.4. The first-order valence-corrected chi connectivity index (χ1v) is 18.2. The molecule has 53 heavy (non-hydrogen) atoms. The first-order valence-electron chi connectivity index (χ1n) is 18.2. The number of esters is 1. The van der Waals surface area contributed by atoms with Crippen molar-refractivity contribution in [2.24, 2.45) is 11.3 Å². The van der Waals surface area contributed by atoms with Crippen molar-refractivity contribution >= 4 is 23.9 Å². The van der Waals surface area contributed by atoms with Gasteiger partial charge in [-0.1, -0.05) is 112 Å². The van der Waals surface area contributed by atoms with E-state index >= 15 is 0 Å². The fraction of sp³-hybridized carbons (Fsp3) is 0.395. The maximum atomic E-state index is 13.6. The topological polar surface area (TPSA) is 143 Å². The lowest BCUT2D eigenvalue weighted by Crippen LogP contribution is -2.51. The summed E-state index contributed by atoms with van der Waals surface area (Å²) in [5.41, 5.74) is 4.80. The molecule has 0 spiro atoms. The van der Waals surface area contributed by atoms with Crippen molar-refractivity contribution in [2.45, 2.75) is 76.9 Å². The second-order valence-corrected chi connectivity index (χ2v) is 14.5. The molecule has 0 heterocycles. The van der Waals surface area contributed by atoms with Gasteiger partial charge in [0.05, 0.1) is 24.6 Å². The Hall–Kier alpha value is -5.22. The van der Waals surface area contributed by atoms with Crippen molar-refractivity contribution in [3.8, 4) is 11.1 Å². The van der Waals surface area contributed by atoms with Crippen molar-refractivity contribution in [3.05, 3.63) is 121 Å². The highest BCUT2D eigenvalue weighted by Crippen LogP contribution is 2.44. The normalized spacial score (nSPS) is 14.3. The van der Waals surface area contributed by atoms with E-state index in [-0.39, 0.29) is 56.8 Å². The minimum atomic E-state index is -1.01. The third-order valence-corrected chi connectivity index (χ3v) is 9.50. The van der Waals surface area contributed by atoms with Crippen LogP contribution >= 0.6 is 0 Å². The molecule has 0 aliphatic heterocycles. The molecule has 0 saturated heterocycles. The molecule has 3 aromatic rings. The number of aliphatic hydroxyl groups is 1. The molecule has 0 fully saturated rings. The summed E-state index contributed by atoms with van der Waals surface area (Å²) in [6, 6.07) is 23.5. The predicted molar refractivity (Wildman–Crippen MR) is 206 cm³/mol. The van der Waals surface area contributed by atoms with Gasteiger partial charge in [-0.15, -0.1) is 13.2 Å². The molecule has 0 bridgehead atoms. The largest absolute Gasteiger partial charge is 0.462 e. The molecule has 10 heteroatoms. The van der Waals surface area contributed by atoms with Crippen LogP contribution in [-0.4, -0.2) is 66.9 Å². The third kappa shape index (κ3) is 11.6. The Balaban J connectivity index is 1.34. The lowest BCUT2D eigenvalue weighted by molar-refractivity contribution is -0.148. The average molecular weight is 724 g/mol. The molecule has 1 aliphatic rings. The van der Waals surface area contributed by atoms with E-state index in [2.05, 4.69) is 41.2 Å². The van der Waals surface area contributed by atoms with E-state index in [9.17, 15) is 24.3 Å². The second kappa shape index (κ2) is 19.6. The fourth-order valence-electron chi connectivity index (χ4n) is 6.43. The number of hydrogen-bond acceptors (Lipinski definition) is 7. The summed E-state index contributed by atoms with van der Waals surface area (Å²) in [6.07, 6.45) is 3.75. The van der Waals surface area contributed by atoms with Crippen LogP contribution < -0.4 is 16.0 Å². The van der Waals surface area contributed by atoms with Crippen molar-refractivity contribution < 1.29 is 33.8 Å².